The predicted octanol–water partition coefficient (Wildman–Crippen LogP) is 4.06. The van der Waals surface area contributed by atoms with Gasteiger partial charge < -0.3 is 10.2 Å². The first kappa shape index (κ1) is 15.2. The summed E-state index contributed by atoms with van der Waals surface area (Å²) in [7, 11) is 0. The third-order valence-electron chi connectivity index (χ3n) is 8.69. The van der Waals surface area contributed by atoms with Gasteiger partial charge in [-0.05, 0) is 63.2 Å². The van der Waals surface area contributed by atoms with Crippen LogP contribution in [0.5, 0.6) is 0 Å². The highest BCUT2D eigenvalue weighted by Gasteiger charge is 2.76. The minimum absolute atomic E-state index is 0.0827. The Morgan fingerprint density at radius 2 is 1.82 bits per heavy atom. The number of hydrogen-bond donors (Lipinski definition) is 2. The summed E-state index contributed by atoms with van der Waals surface area (Å²) < 4.78 is 0. The first-order valence-electron chi connectivity index (χ1n) is 9.26. The molecular weight excluding hydrogens is 272 g/mol. The lowest BCUT2D eigenvalue weighted by Crippen LogP contribution is -2.66. The zero-order valence-electron chi connectivity index (χ0n) is 14.5. The van der Waals surface area contributed by atoms with Crippen molar-refractivity contribution < 1.29 is 10.2 Å². The van der Waals surface area contributed by atoms with Gasteiger partial charge >= 0.3 is 0 Å². The lowest BCUT2D eigenvalue weighted by molar-refractivity contribution is -0.246. The lowest BCUT2D eigenvalue weighted by Gasteiger charge is -2.67. The topological polar surface area (TPSA) is 40.5 Å². The number of fused-ring (bicyclic) bond motifs is 1. The van der Waals surface area contributed by atoms with Gasteiger partial charge in [-0.15, -0.1) is 0 Å². The maximum atomic E-state index is 11.4. The van der Waals surface area contributed by atoms with Crippen molar-refractivity contribution in [3.63, 3.8) is 0 Å². The van der Waals surface area contributed by atoms with Crippen LogP contribution in [-0.2, 0) is 0 Å². The molecule has 2 heteroatoms. The van der Waals surface area contributed by atoms with E-state index >= 15 is 0 Å². The van der Waals surface area contributed by atoms with Crippen molar-refractivity contribution in [2.45, 2.75) is 83.8 Å². The summed E-state index contributed by atoms with van der Waals surface area (Å²) in [6.45, 7) is 11.1. The molecule has 0 aromatic carbocycles. The van der Waals surface area contributed by atoms with Crippen LogP contribution in [0.25, 0.3) is 0 Å². The van der Waals surface area contributed by atoms with E-state index in [2.05, 4.69) is 27.4 Å². The molecule has 0 saturated heterocycles. The molecule has 1 unspecified atom stereocenters. The highest BCUT2D eigenvalue weighted by molar-refractivity contribution is 5.30. The van der Waals surface area contributed by atoms with E-state index in [4.69, 9.17) is 0 Å². The van der Waals surface area contributed by atoms with Crippen LogP contribution in [-0.4, -0.2) is 21.9 Å². The summed E-state index contributed by atoms with van der Waals surface area (Å²) >= 11 is 0. The van der Waals surface area contributed by atoms with E-state index in [0.29, 0.717) is 5.92 Å². The second-order valence-corrected chi connectivity index (χ2v) is 9.74. The van der Waals surface area contributed by atoms with Crippen molar-refractivity contribution >= 4 is 0 Å². The lowest BCUT2D eigenvalue weighted by atomic mass is 9.39. The smallest absolute Gasteiger partial charge is 0.0682 e. The van der Waals surface area contributed by atoms with Gasteiger partial charge in [-0.25, -0.2) is 0 Å². The Balaban J connectivity index is 1.94. The van der Waals surface area contributed by atoms with Crippen LogP contribution in [0.15, 0.2) is 12.2 Å². The maximum absolute atomic E-state index is 11.4. The fraction of sp³-hybridized carbons (Fsp3) is 0.900. The fourth-order valence-electron chi connectivity index (χ4n) is 7.69. The summed E-state index contributed by atoms with van der Waals surface area (Å²) in [4.78, 5) is 0. The second-order valence-electron chi connectivity index (χ2n) is 9.74. The van der Waals surface area contributed by atoms with Crippen molar-refractivity contribution in [1.29, 1.82) is 0 Å². The Morgan fingerprint density at radius 1 is 1.09 bits per heavy atom. The summed E-state index contributed by atoms with van der Waals surface area (Å²) in [6, 6.07) is 0. The zero-order chi connectivity index (χ0) is 16.0. The van der Waals surface area contributed by atoms with Crippen molar-refractivity contribution in [2.75, 3.05) is 0 Å². The third kappa shape index (κ3) is 1.45. The van der Waals surface area contributed by atoms with Crippen LogP contribution in [0.2, 0.25) is 0 Å². The van der Waals surface area contributed by atoms with E-state index in [1.165, 1.54) is 18.4 Å². The molecule has 4 aliphatic rings. The third-order valence-corrected chi connectivity index (χ3v) is 8.69. The minimum Gasteiger partial charge on any atom is -0.392 e. The number of aliphatic hydroxyl groups excluding tert-OH is 1. The summed E-state index contributed by atoms with van der Waals surface area (Å²) in [5.41, 5.74) is 0.710. The molecule has 2 nitrogen and oxygen atoms in total. The standard InChI is InChI=1S/C20H32O2/c1-13-6-11-19-12-14(13)16(21)20(19)9-5-8-17(2,3)15(20)7-10-18(19,4)22/h14-16,21-22H,1,5-12H2,2-4H3/t14-,15-,16?,18-,19+,20-/m0/s1. The fourth-order valence-corrected chi connectivity index (χ4v) is 7.69. The van der Waals surface area contributed by atoms with Gasteiger partial charge in [0.1, 0.15) is 0 Å². The van der Waals surface area contributed by atoms with Crippen LogP contribution in [0, 0.1) is 28.1 Å². The number of hydrogen-bond acceptors (Lipinski definition) is 2. The van der Waals surface area contributed by atoms with Gasteiger partial charge in [0.25, 0.3) is 0 Å². The Hall–Kier alpha value is -0.340. The molecule has 4 rings (SSSR count). The second kappa shape index (κ2) is 4.19. The van der Waals surface area contributed by atoms with Crippen LogP contribution in [0.4, 0.5) is 0 Å². The molecule has 0 aromatic rings. The first-order chi connectivity index (χ1) is 10.2. The maximum Gasteiger partial charge on any atom is 0.0682 e. The minimum atomic E-state index is -0.632. The average Bonchev–Trinajstić information content (AvgIpc) is 2.64. The molecule has 4 fully saturated rings. The van der Waals surface area contributed by atoms with Gasteiger partial charge in [0.05, 0.1) is 11.7 Å². The summed E-state index contributed by atoms with van der Waals surface area (Å²) in [5, 5.41) is 22.9. The number of aliphatic hydroxyl groups is 2. The van der Waals surface area contributed by atoms with E-state index in [1.807, 2.05) is 0 Å². The highest BCUT2D eigenvalue weighted by atomic mass is 16.3. The van der Waals surface area contributed by atoms with E-state index in [0.717, 1.165) is 38.5 Å². The van der Waals surface area contributed by atoms with Gasteiger partial charge in [-0.2, -0.15) is 0 Å². The molecule has 4 saturated carbocycles. The van der Waals surface area contributed by atoms with E-state index in [-0.39, 0.29) is 28.3 Å². The quantitative estimate of drug-likeness (QED) is 0.663. The van der Waals surface area contributed by atoms with Crippen molar-refractivity contribution in [2.24, 2.45) is 28.1 Å². The molecule has 0 aliphatic heterocycles. The molecule has 124 valence electrons. The Bertz CT molecular complexity index is 520. The molecule has 0 amide bonds. The monoisotopic (exact) mass is 304 g/mol. The van der Waals surface area contributed by atoms with Crippen LogP contribution in [0.1, 0.15) is 72.1 Å². The molecule has 0 aromatic heterocycles. The average molecular weight is 304 g/mol. The van der Waals surface area contributed by atoms with Crippen molar-refractivity contribution in [3.05, 3.63) is 12.2 Å². The Morgan fingerprint density at radius 3 is 2.55 bits per heavy atom. The highest BCUT2D eigenvalue weighted by Crippen LogP contribution is 2.77. The molecule has 4 aliphatic carbocycles. The van der Waals surface area contributed by atoms with Gasteiger partial charge in [0.2, 0.25) is 0 Å². The van der Waals surface area contributed by atoms with Gasteiger partial charge in [0, 0.05) is 16.7 Å². The van der Waals surface area contributed by atoms with Crippen LogP contribution >= 0.6 is 0 Å². The van der Waals surface area contributed by atoms with Crippen LogP contribution < -0.4 is 0 Å². The predicted molar refractivity (Wildman–Crippen MR) is 88.3 cm³/mol. The molecule has 6 atom stereocenters. The van der Waals surface area contributed by atoms with Gasteiger partial charge in [-0.1, -0.05) is 32.4 Å². The first-order valence-corrected chi connectivity index (χ1v) is 9.26. The van der Waals surface area contributed by atoms with E-state index in [9.17, 15) is 10.2 Å². The van der Waals surface area contributed by atoms with E-state index in [1.54, 1.807) is 0 Å². The molecule has 0 radical (unpaired) electrons. The Kier molecular flexibility index (Phi) is 2.89. The van der Waals surface area contributed by atoms with E-state index < -0.39 is 5.60 Å². The normalized spacial score (nSPS) is 56.4. The van der Waals surface area contributed by atoms with Crippen molar-refractivity contribution in [1.82, 2.24) is 0 Å². The summed E-state index contributed by atoms with van der Waals surface area (Å²) in [6.07, 6.45) is 8.21. The zero-order valence-corrected chi connectivity index (χ0v) is 14.5. The van der Waals surface area contributed by atoms with Gasteiger partial charge in [-0.3, -0.25) is 0 Å². The summed E-state index contributed by atoms with van der Waals surface area (Å²) in [5.74, 6) is 0.759. The largest absolute Gasteiger partial charge is 0.392 e. The molecular formula is C20H32O2. The molecule has 22 heavy (non-hydrogen) atoms. The van der Waals surface area contributed by atoms with Gasteiger partial charge in [0.15, 0.2) is 0 Å². The Labute approximate surface area is 135 Å². The molecule has 2 bridgehead atoms. The number of rotatable bonds is 0. The molecule has 2 N–H and O–H groups in total. The SMILES string of the molecule is C=C1CC[C@]23C[C@@H]1C(O)[C@@]21CCCC(C)(C)[C@@H]1CC[C@]3(C)O. The molecule has 2 spiro atoms. The van der Waals surface area contributed by atoms with Crippen LogP contribution in [0.3, 0.4) is 0 Å². The van der Waals surface area contributed by atoms with Crippen molar-refractivity contribution in [3.8, 4) is 0 Å². The molecule has 0 heterocycles.